The van der Waals surface area contributed by atoms with E-state index in [1.807, 2.05) is 19.6 Å². The van der Waals surface area contributed by atoms with Crippen molar-refractivity contribution in [3.63, 3.8) is 0 Å². The first-order valence-electron chi connectivity index (χ1n) is 7.55. The van der Waals surface area contributed by atoms with Crippen LogP contribution in [-0.2, 0) is 9.16 Å². The summed E-state index contributed by atoms with van der Waals surface area (Å²) in [4.78, 5) is 12.5. The van der Waals surface area contributed by atoms with Crippen molar-refractivity contribution in [3.05, 3.63) is 35.0 Å². The summed E-state index contributed by atoms with van der Waals surface area (Å²) in [7, 11) is -2.05. The van der Waals surface area contributed by atoms with E-state index in [4.69, 9.17) is 55.6 Å². The van der Waals surface area contributed by atoms with Crippen LogP contribution in [0.25, 0.3) is 10.9 Å². The molecule has 0 aliphatic carbocycles. The van der Waals surface area contributed by atoms with Gasteiger partial charge < -0.3 is 9.16 Å². The molecule has 0 aliphatic heterocycles. The van der Waals surface area contributed by atoms with Crippen LogP contribution in [0.3, 0.4) is 0 Å². The van der Waals surface area contributed by atoms with Crippen molar-refractivity contribution in [2.75, 3.05) is 6.61 Å². The van der Waals surface area contributed by atoms with Gasteiger partial charge >= 0.3 is 6.09 Å². The van der Waals surface area contributed by atoms with Gasteiger partial charge in [-0.2, -0.15) is 5.26 Å². The number of hydrogen-bond donors (Lipinski definition) is 0. The first-order valence-corrected chi connectivity index (χ1v) is 12.5. The largest absolute Gasteiger partial charge is 0.444 e. The Bertz CT molecular complexity index is 865. The Balaban J connectivity index is 2.55. The fourth-order valence-electron chi connectivity index (χ4n) is 2.37. The third-order valence-corrected chi connectivity index (χ3v) is 4.89. The van der Waals surface area contributed by atoms with Gasteiger partial charge in [0.15, 0.2) is 14.4 Å². The topological polar surface area (TPSA) is 64.2 Å². The number of carbonyl (C=O) groups excluding carboxylic acids is 1. The van der Waals surface area contributed by atoms with Crippen molar-refractivity contribution < 1.29 is 14.0 Å². The van der Waals surface area contributed by atoms with Gasteiger partial charge in [0.1, 0.15) is 11.8 Å². The molecule has 0 saturated carbocycles. The molecule has 1 aromatic heterocycles. The lowest BCUT2D eigenvalue weighted by molar-refractivity contribution is 0.151. The summed E-state index contributed by atoms with van der Waals surface area (Å²) in [6.07, 6.45) is -1.73. The lowest BCUT2D eigenvalue weighted by atomic mass is 10.1. The Morgan fingerprint density at radius 2 is 1.92 bits per heavy atom. The number of fused-ring (bicyclic) bond motifs is 1. The molecule has 0 N–H and O–H groups in total. The molecular weight excluding hydrogens is 438 g/mol. The highest BCUT2D eigenvalue weighted by molar-refractivity contribution is 6.69. The Hall–Kier alpha value is -0.943. The molecule has 1 unspecified atom stereocenters. The first kappa shape index (κ1) is 21.4. The third kappa shape index (κ3) is 5.07. The fraction of sp³-hybridized carbons (Fsp3) is 0.375. The van der Waals surface area contributed by atoms with Gasteiger partial charge in [0.25, 0.3) is 0 Å². The summed E-state index contributed by atoms with van der Waals surface area (Å²) in [6.45, 7) is 5.43. The van der Waals surface area contributed by atoms with Crippen LogP contribution in [0.5, 0.6) is 0 Å². The van der Waals surface area contributed by atoms with E-state index in [0.29, 0.717) is 16.5 Å². The van der Waals surface area contributed by atoms with Gasteiger partial charge in [-0.05, 0) is 25.7 Å². The van der Waals surface area contributed by atoms with Crippen molar-refractivity contribution in [1.29, 1.82) is 5.26 Å². The Morgan fingerprint density at radius 3 is 2.46 bits per heavy atom. The standard InChI is InChI=1S/C16H16Cl4N2O3Si/c1-26(2,3)25-12(8-21)13-10-6-4-5-7-11(10)22(14(13)17)15(23)24-9-16(18,19)20/h4-7,12H,9H2,1-3H3. The highest BCUT2D eigenvalue weighted by atomic mass is 35.6. The highest BCUT2D eigenvalue weighted by Crippen LogP contribution is 2.37. The molecule has 1 atom stereocenters. The predicted octanol–water partition coefficient (Wildman–Crippen LogP) is 6.07. The number of hydrogen-bond acceptors (Lipinski definition) is 4. The van der Waals surface area contributed by atoms with Crippen LogP contribution in [0.2, 0.25) is 24.8 Å². The number of benzene rings is 1. The number of aromatic nitrogens is 1. The molecule has 26 heavy (non-hydrogen) atoms. The number of nitrogens with zero attached hydrogens (tertiary/aromatic N) is 2. The van der Waals surface area contributed by atoms with E-state index in [9.17, 15) is 10.1 Å². The van der Waals surface area contributed by atoms with Gasteiger partial charge in [-0.1, -0.05) is 64.6 Å². The average molecular weight is 454 g/mol. The van der Waals surface area contributed by atoms with Crippen LogP contribution in [0, 0.1) is 11.3 Å². The number of halogens is 4. The Labute approximate surface area is 172 Å². The van der Waals surface area contributed by atoms with Gasteiger partial charge in [0.2, 0.25) is 3.79 Å². The summed E-state index contributed by atoms with van der Waals surface area (Å²) in [5, 5.41) is 10.2. The van der Waals surface area contributed by atoms with E-state index >= 15 is 0 Å². The summed E-state index contributed by atoms with van der Waals surface area (Å²) in [6, 6.07) is 9.08. The zero-order valence-electron chi connectivity index (χ0n) is 14.2. The minimum absolute atomic E-state index is 0.0327. The van der Waals surface area contributed by atoms with E-state index in [-0.39, 0.29) is 5.15 Å². The molecule has 0 spiro atoms. The van der Waals surface area contributed by atoms with E-state index in [2.05, 4.69) is 6.07 Å². The molecule has 5 nitrogen and oxygen atoms in total. The monoisotopic (exact) mass is 452 g/mol. The number of ether oxygens (including phenoxy) is 1. The van der Waals surface area contributed by atoms with Crippen LogP contribution < -0.4 is 0 Å². The first-order chi connectivity index (χ1) is 11.9. The summed E-state index contributed by atoms with van der Waals surface area (Å²) >= 11 is 23.3. The molecule has 0 radical (unpaired) electrons. The second-order valence-electron chi connectivity index (χ2n) is 6.47. The average Bonchev–Trinajstić information content (AvgIpc) is 2.81. The van der Waals surface area contributed by atoms with E-state index in [0.717, 1.165) is 4.57 Å². The van der Waals surface area contributed by atoms with E-state index in [1.54, 1.807) is 24.3 Å². The quantitative estimate of drug-likeness (QED) is 0.416. The number of alkyl halides is 3. The van der Waals surface area contributed by atoms with Crippen LogP contribution >= 0.6 is 46.4 Å². The molecule has 0 saturated heterocycles. The maximum absolute atomic E-state index is 12.5. The zero-order valence-corrected chi connectivity index (χ0v) is 18.2. The molecule has 0 fully saturated rings. The summed E-state index contributed by atoms with van der Waals surface area (Å²) in [5.74, 6) is 0. The second-order valence-corrected chi connectivity index (χ2v) is 13.8. The van der Waals surface area contributed by atoms with Crippen molar-refractivity contribution in [3.8, 4) is 6.07 Å². The van der Waals surface area contributed by atoms with Gasteiger partial charge in [-0.3, -0.25) is 0 Å². The number of nitriles is 1. The lowest BCUT2D eigenvalue weighted by Crippen LogP contribution is -2.27. The molecule has 2 aromatic rings. The van der Waals surface area contributed by atoms with Gasteiger partial charge in [-0.15, -0.1) is 0 Å². The third-order valence-electron chi connectivity index (χ3n) is 3.25. The molecule has 0 bridgehead atoms. The smallest absolute Gasteiger partial charge is 0.419 e. The van der Waals surface area contributed by atoms with E-state index in [1.165, 1.54) is 0 Å². The minimum Gasteiger partial charge on any atom is -0.444 e. The van der Waals surface area contributed by atoms with Crippen LogP contribution in [0.4, 0.5) is 4.79 Å². The zero-order chi connectivity index (χ0) is 19.7. The minimum atomic E-state index is -2.05. The van der Waals surface area contributed by atoms with Crippen molar-refractivity contribution in [2.45, 2.75) is 29.5 Å². The molecule has 0 amide bonds. The molecule has 0 aliphatic rings. The maximum atomic E-state index is 12.5. The SMILES string of the molecule is C[Si](C)(C)OC(C#N)c1c(Cl)n(C(=O)OCC(Cl)(Cl)Cl)c2ccccc12. The van der Waals surface area contributed by atoms with Crippen LogP contribution in [0.1, 0.15) is 11.7 Å². The van der Waals surface area contributed by atoms with Crippen LogP contribution in [0.15, 0.2) is 24.3 Å². The summed E-state index contributed by atoms with van der Waals surface area (Å²) in [5.41, 5.74) is 0.888. The fourth-order valence-corrected chi connectivity index (χ4v) is 3.78. The van der Waals surface area contributed by atoms with Gasteiger partial charge in [-0.25, -0.2) is 9.36 Å². The number of carbonyl (C=O) groups is 1. The summed E-state index contributed by atoms with van der Waals surface area (Å²) < 4.78 is 10.4. The second kappa shape index (κ2) is 7.97. The molecule has 10 heteroatoms. The highest BCUT2D eigenvalue weighted by Gasteiger charge is 2.31. The Morgan fingerprint density at radius 1 is 1.31 bits per heavy atom. The molecule has 140 valence electrons. The molecule has 1 heterocycles. The number of para-hydroxylation sites is 1. The molecular formula is C16H16Cl4N2O3Si. The van der Waals surface area contributed by atoms with Gasteiger partial charge in [0, 0.05) is 10.9 Å². The van der Waals surface area contributed by atoms with Crippen molar-refractivity contribution >= 4 is 71.7 Å². The molecule has 1 aromatic carbocycles. The van der Waals surface area contributed by atoms with Crippen LogP contribution in [-0.4, -0.2) is 29.4 Å². The normalized spacial score (nSPS) is 13.5. The lowest BCUT2D eigenvalue weighted by Gasteiger charge is -2.21. The van der Waals surface area contributed by atoms with Crippen molar-refractivity contribution in [1.82, 2.24) is 4.57 Å². The Kier molecular flexibility index (Phi) is 6.55. The van der Waals surface area contributed by atoms with E-state index < -0.39 is 30.9 Å². The van der Waals surface area contributed by atoms with Crippen molar-refractivity contribution in [2.24, 2.45) is 0 Å². The van der Waals surface area contributed by atoms with Gasteiger partial charge in [0.05, 0.1) is 11.6 Å². The predicted molar refractivity (Wildman–Crippen MR) is 107 cm³/mol. The number of rotatable bonds is 4. The maximum Gasteiger partial charge on any atom is 0.419 e. The molecule has 2 rings (SSSR count).